The summed E-state index contributed by atoms with van der Waals surface area (Å²) < 4.78 is 1.81. The van der Waals surface area contributed by atoms with E-state index in [0.717, 1.165) is 46.5 Å². The number of aromatic nitrogens is 3. The molecule has 3 heterocycles. The maximum absolute atomic E-state index is 12.3. The van der Waals surface area contributed by atoms with Crippen molar-refractivity contribution in [1.29, 1.82) is 0 Å². The maximum atomic E-state index is 12.3. The number of carboxylic acids is 1. The topological polar surface area (TPSA) is 97.1 Å². The van der Waals surface area contributed by atoms with E-state index in [1.165, 1.54) is 0 Å². The molecule has 0 spiro atoms. The number of carbonyl (C=O) groups is 2. The highest BCUT2D eigenvalue weighted by atomic mass is 16.4. The van der Waals surface area contributed by atoms with Gasteiger partial charge in [-0.3, -0.25) is 14.5 Å². The first kappa shape index (κ1) is 17.4. The summed E-state index contributed by atoms with van der Waals surface area (Å²) in [4.78, 5) is 27.9. The molecule has 144 valence electrons. The summed E-state index contributed by atoms with van der Waals surface area (Å²) in [6.45, 7) is 1.28. The van der Waals surface area contributed by atoms with Crippen LogP contribution in [0.25, 0.3) is 23.4 Å². The van der Waals surface area contributed by atoms with Crippen LogP contribution in [-0.4, -0.2) is 38.3 Å². The van der Waals surface area contributed by atoms with E-state index in [9.17, 15) is 9.59 Å². The van der Waals surface area contributed by atoms with Crippen molar-refractivity contribution in [2.45, 2.75) is 19.4 Å². The van der Waals surface area contributed by atoms with Crippen LogP contribution in [0.1, 0.15) is 43.2 Å². The normalized spacial score (nSPS) is 14.8. The molecule has 2 N–H and O–H groups in total. The van der Waals surface area contributed by atoms with Gasteiger partial charge in [-0.15, -0.1) is 0 Å². The third kappa shape index (κ3) is 3.00. The van der Waals surface area contributed by atoms with Gasteiger partial charge in [-0.25, -0.2) is 4.79 Å². The average Bonchev–Trinajstić information content (AvgIpc) is 3.13. The van der Waals surface area contributed by atoms with Crippen molar-refractivity contribution in [1.82, 2.24) is 20.1 Å². The van der Waals surface area contributed by atoms with E-state index in [4.69, 9.17) is 10.2 Å². The lowest BCUT2D eigenvalue weighted by Crippen LogP contribution is -2.36. The Labute approximate surface area is 166 Å². The standard InChI is InChI=1S/C22H18N4O3/c27-21-20-17-7-5-15-12-24-16(6-4-13-2-1-3-14(10-13)22(28)29)11-18(15)19(17)25-26(20)9-8-23-21/h1-4,6,10-12H,5,7-9H2,(H,23,27)(H,28,29). The second-order valence-electron chi connectivity index (χ2n) is 7.19. The number of aromatic carboxylic acids is 1. The van der Waals surface area contributed by atoms with Crippen LogP contribution in [0.4, 0.5) is 0 Å². The van der Waals surface area contributed by atoms with E-state index in [1.54, 1.807) is 18.2 Å². The molecule has 0 atom stereocenters. The lowest BCUT2D eigenvalue weighted by molar-refractivity contribution is 0.0696. The van der Waals surface area contributed by atoms with E-state index in [-0.39, 0.29) is 11.5 Å². The average molecular weight is 386 g/mol. The van der Waals surface area contributed by atoms with Crippen LogP contribution in [0.5, 0.6) is 0 Å². The molecule has 7 heteroatoms. The summed E-state index contributed by atoms with van der Waals surface area (Å²) in [6.07, 6.45) is 7.18. The molecular weight excluding hydrogens is 368 g/mol. The molecule has 0 fully saturated rings. The van der Waals surface area contributed by atoms with Crippen molar-refractivity contribution in [2.75, 3.05) is 6.54 Å². The fraction of sp³-hybridized carbons (Fsp3) is 0.182. The van der Waals surface area contributed by atoms with Gasteiger partial charge in [0.25, 0.3) is 5.91 Å². The number of benzene rings is 1. The molecule has 29 heavy (non-hydrogen) atoms. The van der Waals surface area contributed by atoms with Crippen LogP contribution in [0, 0.1) is 0 Å². The van der Waals surface area contributed by atoms with Gasteiger partial charge in [-0.2, -0.15) is 5.10 Å². The van der Waals surface area contributed by atoms with E-state index < -0.39 is 5.97 Å². The summed E-state index contributed by atoms with van der Waals surface area (Å²) in [5.74, 6) is -1.01. The third-order valence-corrected chi connectivity index (χ3v) is 5.36. The SMILES string of the molecule is O=C(O)c1cccc(C=Cc2cc3c(cn2)CCc2c-3nn3c2C(=O)NCC3)c1. The fourth-order valence-electron chi connectivity index (χ4n) is 3.95. The molecule has 1 amide bonds. The number of hydrogen-bond acceptors (Lipinski definition) is 4. The molecule has 0 saturated carbocycles. The quantitative estimate of drug-likeness (QED) is 0.721. The first-order valence-corrected chi connectivity index (χ1v) is 9.49. The van der Waals surface area contributed by atoms with Gasteiger partial charge in [0.1, 0.15) is 5.69 Å². The highest BCUT2D eigenvalue weighted by Crippen LogP contribution is 2.35. The Hall–Kier alpha value is -3.74. The second-order valence-corrected chi connectivity index (χ2v) is 7.19. The van der Waals surface area contributed by atoms with Gasteiger partial charge in [0, 0.05) is 23.9 Å². The lowest BCUT2D eigenvalue weighted by atomic mass is 9.89. The van der Waals surface area contributed by atoms with Crippen LogP contribution in [0.2, 0.25) is 0 Å². The Morgan fingerprint density at radius 2 is 2.10 bits per heavy atom. The number of fused-ring (bicyclic) bond motifs is 5. The molecular formula is C22H18N4O3. The van der Waals surface area contributed by atoms with Gasteiger partial charge in [0.05, 0.1) is 23.5 Å². The summed E-state index contributed by atoms with van der Waals surface area (Å²) in [6, 6.07) is 8.74. The number of amides is 1. The van der Waals surface area contributed by atoms with Crippen LogP contribution >= 0.6 is 0 Å². The molecule has 3 aromatic rings. The lowest BCUT2D eigenvalue weighted by Gasteiger charge is -2.17. The number of aryl methyl sites for hydroxylation is 1. The van der Waals surface area contributed by atoms with Gasteiger partial charge in [0.15, 0.2) is 0 Å². The molecule has 0 saturated heterocycles. The predicted molar refractivity (Wildman–Crippen MR) is 108 cm³/mol. The van der Waals surface area contributed by atoms with E-state index in [1.807, 2.05) is 35.2 Å². The van der Waals surface area contributed by atoms with Gasteiger partial charge >= 0.3 is 5.97 Å². The minimum absolute atomic E-state index is 0.0547. The van der Waals surface area contributed by atoms with Crippen molar-refractivity contribution in [3.63, 3.8) is 0 Å². The highest BCUT2D eigenvalue weighted by Gasteiger charge is 2.30. The predicted octanol–water partition coefficient (Wildman–Crippen LogP) is 2.66. The van der Waals surface area contributed by atoms with Gasteiger partial charge in [-0.05, 0) is 48.2 Å². The summed E-state index contributed by atoms with van der Waals surface area (Å²) in [7, 11) is 0. The zero-order chi connectivity index (χ0) is 20.0. The minimum atomic E-state index is -0.951. The molecule has 7 nitrogen and oxygen atoms in total. The second kappa shape index (κ2) is 6.70. The Morgan fingerprint density at radius 3 is 2.97 bits per heavy atom. The van der Waals surface area contributed by atoms with Gasteiger partial charge in [0.2, 0.25) is 0 Å². The molecule has 5 rings (SSSR count). The van der Waals surface area contributed by atoms with E-state index in [2.05, 4.69) is 10.3 Å². The summed E-state index contributed by atoms with van der Waals surface area (Å²) in [5, 5.41) is 16.7. The summed E-state index contributed by atoms with van der Waals surface area (Å²) >= 11 is 0. The van der Waals surface area contributed by atoms with E-state index in [0.29, 0.717) is 18.8 Å². The van der Waals surface area contributed by atoms with Crippen molar-refractivity contribution >= 4 is 24.0 Å². The molecule has 1 aliphatic heterocycles. The third-order valence-electron chi connectivity index (χ3n) is 5.36. The summed E-state index contributed by atoms with van der Waals surface area (Å²) in [5.41, 5.74) is 6.47. The van der Waals surface area contributed by atoms with Gasteiger partial charge in [-0.1, -0.05) is 18.2 Å². The van der Waals surface area contributed by atoms with Crippen LogP contribution < -0.4 is 5.32 Å². The number of nitrogens with one attached hydrogen (secondary N) is 1. The molecule has 2 aromatic heterocycles. The Bertz CT molecular complexity index is 1190. The molecule has 0 radical (unpaired) electrons. The van der Waals surface area contributed by atoms with Crippen molar-refractivity contribution in [3.8, 4) is 11.3 Å². The molecule has 0 unspecified atom stereocenters. The number of carboxylic acid groups (broad SMARTS) is 1. The largest absolute Gasteiger partial charge is 0.478 e. The van der Waals surface area contributed by atoms with E-state index >= 15 is 0 Å². The minimum Gasteiger partial charge on any atom is -0.478 e. The molecule has 1 aromatic carbocycles. The van der Waals surface area contributed by atoms with Crippen LogP contribution in [0.3, 0.4) is 0 Å². The number of hydrogen-bond donors (Lipinski definition) is 2. The van der Waals surface area contributed by atoms with Crippen molar-refractivity contribution in [3.05, 3.63) is 70.2 Å². The monoisotopic (exact) mass is 386 g/mol. The Kier molecular flexibility index (Phi) is 4.01. The fourth-order valence-corrected chi connectivity index (χ4v) is 3.95. The van der Waals surface area contributed by atoms with Crippen LogP contribution in [-0.2, 0) is 19.4 Å². The zero-order valence-electron chi connectivity index (χ0n) is 15.6. The van der Waals surface area contributed by atoms with Crippen LogP contribution in [0.15, 0.2) is 36.5 Å². The molecule has 0 bridgehead atoms. The Morgan fingerprint density at radius 1 is 1.21 bits per heavy atom. The number of rotatable bonds is 3. The first-order chi connectivity index (χ1) is 14.1. The number of nitrogens with zero attached hydrogens (tertiary/aromatic N) is 3. The zero-order valence-corrected chi connectivity index (χ0v) is 15.6. The smallest absolute Gasteiger partial charge is 0.335 e. The molecule has 1 aliphatic carbocycles. The Balaban J connectivity index is 1.51. The molecule has 2 aliphatic rings. The highest BCUT2D eigenvalue weighted by molar-refractivity contribution is 5.97. The maximum Gasteiger partial charge on any atom is 0.335 e. The first-order valence-electron chi connectivity index (χ1n) is 9.49. The number of carbonyl (C=O) groups excluding carboxylic acids is 1. The van der Waals surface area contributed by atoms with Crippen molar-refractivity contribution in [2.24, 2.45) is 0 Å². The van der Waals surface area contributed by atoms with Gasteiger partial charge < -0.3 is 10.4 Å². The number of pyridine rings is 1. The van der Waals surface area contributed by atoms with Crippen molar-refractivity contribution < 1.29 is 14.7 Å².